The molecule has 0 unspecified atom stereocenters. The predicted octanol–water partition coefficient (Wildman–Crippen LogP) is 2.57. The molecule has 13 heteroatoms. The molecule has 3 aromatic rings. The zero-order valence-corrected chi connectivity index (χ0v) is 26.9. The lowest BCUT2D eigenvalue weighted by atomic mass is 10.0. The van der Waals surface area contributed by atoms with Crippen LogP contribution in [0, 0.1) is 5.92 Å². The third-order valence-electron chi connectivity index (χ3n) is 7.83. The molecule has 2 aromatic carbocycles. The first-order valence-corrected chi connectivity index (χ1v) is 17.6. The number of carbonyl (C=O) groups excluding carboxylic acids is 3. The SMILES string of the molecule is C[C@H](NC[C@H](Cc1ccccc1)NC(=O)c1cc(C(=O)NCc2cccs2)cc(N2CCCNS2(=O)=O)c1)C(=O)NCC1CC1. The number of nitrogens with zero attached hydrogens (tertiary/aromatic N) is 1. The first-order valence-electron chi connectivity index (χ1n) is 15.3. The van der Waals surface area contributed by atoms with Crippen LogP contribution in [0.2, 0.25) is 0 Å². The molecule has 0 radical (unpaired) electrons. The van der Waals surface area contributed by atoms with E-state index in [0.717, 1.165) is 23.3 Å². The minimum absolute atomic E-state index is 0.0889. The monoisotopic (exact) mass is 652 g/mol. The van der Waals surface area contributed by atoms with Gasteiger partial charge >= 0.3 is 10.2 Å². The molecule has 1 aromatic heterocycles. The molecule has 11 nitrogen and oxygen atoms in total. The summed E-state index contributed by atoms with van der Waals surface area (Å²) >= 11 is 1.51. The van der Waals surface area contributed by atoms with Crippen LogP contribution in [0.4, 0.5) is 5.69 Å². The lowest BCUT2D eigenvalue weighted by molar-refractivity contribution is -0.122. The number of benzene rings is 2. The van der Waals surface area contributed by atoms with Crippen LogP contribution >= 0.6 is 11.3 Å². The van der Waals surface area contributed by atoms with Gasteiger partial charge in [-0.1, -0.05) is 36.4 Å². The lowest BCUT2D eigenvalue weighted by Crippen LogP contribution is -2.50. The molecule has 1 aliphatic carbocycles. The van der Waals surface area contributed by atoms with E-state index < -0.39 is 34.1 Å². The van der Waals surface area contributed by atoms with Crippen molar-refractivity contribution >= 4 is 45.0 Å². The molecule has 1 saturated heterocycles. The summed E-state index contributed by atoms with van der Waals surface area (Å²) in [6, 6.07) is 17.1. The number of amides is 3. The Labute approximate surface area is 268 Å². The summed E-state index contributed by atoms with van der Waals surface area (Å²) in [6.07, 6.45) is 3.36. The van der Waals surface area contributed by atoms with Crippen molar-refractivity contribution in [2.45, 2.75) is 51.2 Å². The minimum atomic E-state index is -3.83. The average molecular weight is 653 g/mol. The van der Waals surface area contributed by atoms with Gasteiger partial charge in [0.2, 0.25) is 5.91 Å². The molecule has 2 aliphatic rings. The maximum absolute atomic E-state index is 13.8. The summed E-state index contributed by atoms with van der Waals surface area (Å²) in [5.41, 5.74) is 1.56. The van der Waals surface area contributed by atoms with Crippen LogP contribution in [0.5, 0.6) is 0 Å². The Balaban J connectivity index is 1.35. The molecule has 2 atom stereocenters. The van der Waals surface area contributed by atoms with Crippen LogP contribution in [0.1, 0.15) is 57.3 Å². The smallest absolute Gasteiger partial charge is 0.301 e. The fourth-order valence-electron chi connectivity index (χ4n) is 5.06. The molecule has 1 aliphatic heterocycles. The molecule has 0 bridgehead atoms. The Morgan fingerprint density at radius 3 is 2.44 bits per heavy atom. The van der Waals surface area contributed by atoms with E-state index in [1.165, 1.54) is 33.8 Å². The molecule has 2 fully saturated rings. The van der Waals surface area contributed by atoms with Crippen molar-refractivity contribution < 1.29 is 22.8 Å². The molecular formula is C32H40N6O5S2. The van der Waals surface area contributed by atoms with Crippen molar-refractivity contribution in [3.8, 4) is 0 Å². The molecule has 5 rings (SSSR count). The number of rotatable bonds is 14. The van der Waals surface area contributed by atoms with Gasteiger partial charge in [-0.15, -0.1) is 11.3 Å². The van der Waals surface area contributed by atoms with Gasteiger partial charge in [0.25, 0.3) is 11.8 Å². The highest BCUT2D eigenvalue weighted by molar-refractivity contribution is 7.90. The second-order valence-electron chi connectivity index (χ2n) is 11.5. The summed E-state index contributed by atoms with van der Waals surface area (Å²) in [5.74, 6) is -0.398. The van der Waals surface area contributed by atoms with Crippen LogP contribution in [0.3, 0.4) is 0 Å². The highest BCUT2D eigenvalue weighted by Gasteiger charge is 2.28. The topological polar surface area (TPSA) is 149 Å². The number of thiophene rings is 1. The summed E-state index contributed by atoms with van der Waals surface area (Å²) in [5, 5.41) is 14.1. The van der Waals surface area contributed by atoms with E-state index in [0.29, 0.717) is 44.9 Å². The lowest BCUT2D eigenvalue weighted by Gasteiger charge is -2.29. The molecule has 3 amide bonds. The molecular weight excluding hydrogens is 613 g/mol. The number of hydrogen-bond acceptors (Lipinski definition) is 7. The van der Waals surface area contributed by atoms with Gasteiger partial charge in [0.05, 0.1) is 18.3 Å². The largest absolute Gasteiger partial charge is 0.354 e. The second-order valence-corrected chi connectivity index (χ2v) is 14.2. The Bertz CT molecular complexity index is 1580. The van der Waals surface area contributed by atoms with Crippen molar-refractivity contribution in [3.63, 3.8) is 0 Å². The van der Waals surface area contributed by atoms with E-state index in [9.17, 15) is 22.8 Å². The standard InChI is InChI=1S/C32H40N6O5S2/c1-22(30(39)34-19-24-10-11-24)33-20-27(15-23-7-3-2-4-8-23)37-32(41)26-16-25(31(40)35-21-29-9-5-14-44-29)17-28(18-26)38-13-6-12-36-45(38,42)43/h2-5,7-9,14,16-18,22,24,27,33,36H,6,10-13,15,19-21H2,1H3,(H,34,39)(H,35,40)(H,37,41)/t22-,27-/m0/s1. The van der Waals surface area contributed by atoms with Crippen molar-refractivity contribution in [1.82, 2.24) is 26.0 Å². The zero-order valence-electron chi connectivity index (χ0n) is 25.3. The Morgan fingerprint density at radius 1 is 1.00 bits per heavy atom. The molecule has 240 valence electrons. The van der Waals surface area contributed by atoms with Crippen LogP contribution in [-0.4, -0.2) is 64.4 Å². The second kappa shape index (κ2) is 15.0. The van der Waals surface area contributed by atoms with E-state index in [2.05, 4.69) is 26.0 Å². The highest BCUT2D eigenvalue weighted by atomic mass is 32.2. The van der Waals surface area contributed by atoms with Crippen molar-refractivity contribution in [1.29, 1.82) is 0 Å². The van der Waals surface area contributed by atoms with Crippen molar-refractivity contribution in [2.75, 3.05) is 30.5 Å². The Morgan fingerprint density at radius 2 is 1.76 bits per heavy atom. The number of hydrogen-bond donors (Lipinski definition) is 5. The fourth-order valence-corrected chi connectivity index (χ4v) is 7.02. The number of nitrogens with one attached hydrogen (secondary N) is 5. The quantitative estimate of drug-likeness (QED) is 0.181. The van der Waals surface area contributed by atoms with E-state index in [1.807, 2.05) is 47.8 Å². The van der Waals surface area contributed by atoms with E-state index >= 15 is 0 Å². The number of anilines is 1. The molecule has 45 heavy (non-hydrogen) atoms. The van der Waals surface area contributed by atoms with Gasteiger partial charge < -0.3 is 21.3 Å². The third kappa shape index (κ3) is 9.36. The van der Waals surface area contributed by atoms with Crippen molar-refractivity contribution in [3.05, 3.63) is 87.6 Å². The summed E-state index contributed by atoms with van der Waals surface area (Å²) < 4.78 is 29.5. The molecule has 5 N–H and O–H groups in total. The normalized spacial score (nSPS) is 17.2. The van der Waals surface area contributed by atoms with Crippen LogP contribution < -0.4 is 30.3 Å². The third-order valence-corrected chi connectivity index (χ3v) is 10.3. The maximum Gasteiger partial charge on any atom is 0.301 e. The molecule has 1 saturated carbocycles. The summed E-state index contributed by atoms with van der Waals surface area (Å²) in [7, 11) is -3.83. The molecule has 2 heterocycles. The Kier molecular flexibility index (Phi) is 10.9. The van der Waals surface area contributed by atoms with Gasteiger partial charge in [-0.3, -0.25) is 18.7 Å². The highest BCUT2D eigenvalue weighted by Crippen LogP contribution is 2.27. The van der Waals surface area contributed by atoms with Crippen LogP contribution in [0.15, 0.2) is 66.0 Å². The van der Waals surface area contributed by atoms with E-state index in [4.69, 9.17) is 0 Å². The average Bonchev–Trinajstić information content (AvgIpc) is 3.72. The van der Waals surface area contributed by atoms with Crippen molar-refractivity contribution in [2.24, 2.45) is 5.92 Å². The predicted molar refractivity (Wildman–Crippen MR) is 175 cm³/mol. The van der Waals surface area contributed by atoms with Gasteiger partial charge in [-0.05, 0) is 73.7 Å². The first-order chi connectivity index (χ1) is 21.7. The zero-order chi connectivity index (χ0) is 31.8. The summed E-state index contributed by atoms with van der Waals surface area (Å²) in [6.45, 7) is 3.63. The summed E-state index contributed by atoms with van der Waals surface area (Å²) in [4.78, 5) is 40.6. The van der Waals surface area contributed by atoms with E-state index in [-0.39, 0.29) is 29.3 Å². The fraction of sp³-hybridized carbons (Fsp3) is 0.406. The minimum Gasteiger partial charge on any atom is -0.354 e. The van der Waals surface area contributed by atoms with Gasteiger partial charge in [0, 0.05) is 48.2 Å². The van der Waals surface area contributed by atoms with Crippen LogP contribution in [-0.2, 0) is 28.0 Å². The van der Waals surface area contributed by atoms with Gasteiger partial charge in [-0.2, -0.15) is 13.1 Å². The maximum atomic E-state index is 13.8. The van der Waals surface area contributed by atoms with Crippen LogP contribution in [0.25, 0.3) is 0 Å². The molecule has 0 spiro atoms. The van der Waals surface area contributed by atoms with E-state index in [1.54, 1.807) is 6.92 Å². The first kappa shape index (κ1) is 32.6. The van der Waals surface area contributed by atoms with Gasteiger partial charge in [0.15, 0.2) is 0 Å². The number of carbonyl (C=O) groups is 3. The Hall–Kier alpha value is -3.78. The van der Waals surface area contributed by atoms with Gasteiger partial charge in [0.1, 0.15) is 0 Å². The van der Waals surface area contributed by atoms with Gasteiger partial charge in [-0.25, -0.2) is 0 Å².